The van der Waals surface area contributed by atoms with Crippen molar-refractivity contribution in [2.45, 2.75) is 20.3 Å². The first-order chi connectivity index (χ1) is 8.97. The average Bonchev–Trinajstić information content (AvgIpc) is 2.67. The van der Waals surface area contributed by atoms with E-state index in [0.29, 0.717) is 25.7 Å². The van der Waals surface area contributed by atoms with Gasteiger partial charge in [-0.15, -0.1) is 11.3 Å². The van der Waals surface area contributed by atoms with Gasteiger partial charge >= 0.3 is 0 Å². The van der Waals surface area contributed by atoms with Gasteiger partial charge in [-0.2, -0.15) is 0 Å². The molecule has 4 heteroatoms. The number of carbonyl (C=O) groups excluding carboxylic acids is 1. The van der Waals surface area contributed by atoms with Crippen LogP contribution >= 0.6 is 34.5 Å². The minimum absolute atomic E-state index is 0.0706. The number of rotatable bonds is 4. The van der Waals surface area contributed by atoms with E-state index in [2.05, 4.69) is 13.8 Å². The first-order valence-corrected chi connectivity index (χ1v) is 7.63. The van der Waals surface area contributed by atoms with Crippen LogP contribution in [-0.4, -0.2) is 5.78 Å². The fraction of sp³-hybridized carbons (Fsp3) is 0.267. The van der Waals surface area contributed by atoms with E-state index in [9.17, 15) is 4.79 Å². The van der Waals surface area contributed by atoms with Crippen LogP contribution in [0.4, 0.5) is 0 Å². The molecule has 0 bridgehead atoms. The summed E-state index contributed by atoms with van der Waals surface area (Å²) in [5.74, 6) is 0.489. The Labute approximate surface area is 127 Å². The summed E-state index contributed by atoms with van der Waals surface area (Å²) in [5.41, 5.74) is 2.31. The van der Waals surface area contributed by atoms with Gasteiger partial charge in [-0.3, -0.25) is 4.79 Å². The van der Waals surface area contributed by atoms with Gasteiger partial charge in [0.15, 0.2) is 5.78 Å². The van der Waals surface area contributed by atoms with E-state index in [1.807, 2.05) is 24.3 Å². The summed E-state index contributed by atoms with van der Waals surface area (Å²) in [6.45, 7) is 4.31. The largest absolute Gasteiger partial charge is 0.289 e. The van der Waals surface area contributed by atoms with Crippen molar-refractivity contribution in [2.75, 3.05) is 0 Å². The van der Waals surface area contributed by atoms with Gasteiger partial charge in [-0.25, -0.2) is 0 Å². The zero-order valence-corrected chi connectivity index (χ0v) is 13.1. The van der Waals surface area contributed by atoms with Crippen LogP contribution in [0.5, 0.6) is 0 Å². The molecular formula is C15H14Cl2OS. The van der Waals surface area contributed by atoms with Crippen LogP contribution in [0.2, 0.25) is 8.67 Å². The van der Waals surface area contributed by atoms with Gasteiger partial charge in [0, 0.05) is 5.56 Å². The number of ketones is 1. The summed E-state index contributed by atoms with van der Waals surface area (Å²) >= 11 is 13.1. The minimum Gasteiger partial charge on any atom is -0.289 e. The van der Waals surface area contributed by atoms with Gasteiger partial charge in [0.1, 0.15) is 4.34 Å². The monoisotopic (exact) mass is 312 g/mol. The van der Waals surface area contributed by atoms with Crippen molar-refractivity contribution in [1.29, 1.82) is 0 Å². The van der Waals surface area contributed by atoms with E-state index in [-0.39, 0.29) is 5.78 Å². The standard InChI is InChI=1S/C15H14Cl2OS/c1-9(2)6-10-4-3-5-11(7-10)14(18)12-8-13(16)19-15(12)17/h3-5,7-9H,6H2,1-2H3. The topological polar surface area (TPSA) is 17.1 Å². The van der Waals surface area contributed by atoms with E-state index in [1.54, 1.807) is 6.07 Å². The van der Waals surface area contributed by atoms with Crippen molar-refractivity contribution in [3.8, 4) is 0 Å². The number of benzene rings is 1. The van der Waals surface area contributed by atoms with Gasteiger partial charge in [0.2, 0.25) is 0 Å². The van der Waals surface area contributed by atoms with Crippen LogP contribution in [0.25, 0.3) is 0 Å². The normalized spacial score (nSPS) is 11.0. The zero-order chi connectivity index (χ0) is 14.0. The van der Waals surface area contributed by atoms with Crippen molar-refractivity contribution < 1.29 is 4.79 Å². The third kappa shape index (κ3) is 3.59. The predicted octanol–water partition coefficient (Wildman–Crippen LogP) is 5.48. The second-order valence-corrected chi connectivity index (χ2v) is 7.15. The summed E-state index contributed by atoms with van der Waals surface area (Å²) in [4.78, 5) is 12.4. The molecule has 1 heterocycles. The SMILES string of the molecule is CC(C)Cc1cccc(C(=O)c2cc(Cl)sc2Cl)c1. The Morgan fingerprint density at radius 3 is 2.58 bits per heavy atom. The zero-order valence-electron chi connectivity index (χ0n) is 10.7. The van der Waals surface area contributed by atoms with Gasteiger partial charge in [0.25, 0.3) is 0 Å². The van der Waals surface area contributed by atoms with Gasteiger partial charge in [-0.1, -0.05) is 55.2 Å². The van der Waals surface area contributed by atoms with Crippen LogP contribution in [0.3, 0.4) is 0 Å². The van der Waals surface area contributed by atoms with Gasteiger partial charge in [-0.05, 0) is 30.0 Å². The van der Waals surface area contributed by atoms with Crippen LogP contribution in [0, 0.1) is 5.92 Å². The summed E-state index contributed by atoms with van der Waals surface area (Å²) < 4.78 is 0.982. The van der Waals surface area contributed by atoms with E-state index in [1.165, 1.54) is 16.9 Å². The van der Waals surface area contributed by atoms with Crippen molar-refractivity contribution in [3.05, 3.63) is 55.7 Å². The summed E-state index contributed by atoms with van der Waals surface area (Å²) in [5, 5.41) is 0. The molecule has 2 aromatic rings. The quantitative estimate of drug-likeness (QED) is 0.683. The molecule has 0 saturated heterocycles. The van der Waals surface area contributed by atoms with Crippen LogP contribution in [-0.2, 0) is 6.42 Å². The van der Waals surface area contributed by atoms with Crippen molar-refractivity contribution in [3.63, 3.8) is 0 Å². The highest BCUT2D eigenvalue weighted by Crippen LogP contribution is 2.32. The number of hydrogen-bond donors (Lipinski definition) is 0. The molecule has 2 rings (SSSR count). The Kier molecular flexibility index (Phi) is 4.67. The molecule has 0 unspecified atom stereocenters. The second kappa shape index (κ2) is 6.08. The van der Waals surface area contributed by atoms with Crippen LogP contribution in [0.15, 0.2) is 30.3 Å². The Bertz CT molecular complexity index is 602. The third-order valence-electron chi connectivity index (χ3n) is 2.73. The maximum absolute atomic E-state index is 12.4. The highest BCUT2D eigenvalue weighted by atomic mass is 35.5. The number of halogens is 2. The number of carbonyl (C=O) groups is 1. The molecule has 1 aromatic heterocycles. The van der Waals surface area contributed by atoms with Crippen molar-refractivity contribution in [2.24, 2.45) is 5.92 Å². The second-order valence-electron chi connectivity index (χ2n) is 4.87. The fourth-order valence-electron chi connectivity index (χ4n) is 1.96. The Hall–Kier alpha value is -0.830. The predicted molar refractivity (Wildman–Crippen MR) is 82.8 cm³/mol. The summed E-state index contributed by atoms with van der Waals surface area (Å²) in [6, 6.07) is 9.33. The molecule has 0 spiro atoms. The van der Waals surface area contributed by atoms with Gasteiger partial charge in [0.05, 0.1) is 9.90 Å². The van der Waals surface area contributed by atoms with E-state index >= 15 is 0 Å². The molecule has 0 radical (unpaired) electrons. The molecule has 0 saturated carbocycles. The highest BCUT2D eigenvalue weighted by Gasteiger charge is 2.16. The Balaban J connectivity index is 2.31. The molecule has 0 amide bonds. The highest BCUT2D eigenvalue weighted by molar-refractivity contribution is 7.20. The van der Waals surface area contributed by atoms with E-state index in [4.69, 9.17) is 23.2 Å². The maximum atomic E-state index is 12.4. The lowest BCUT2D eigenvalue weighted by Gasteiger charge is -2.06. The molecule has 1 nitrogen and oxygen atoms in total. The maximum Gasteiger partial charge on any atom is 0.195 e. The molecule has 19 heavy (non-hydrogen) atoms. The van der Waals surface area contributed by atoms with Gasteiger partial charge < -0.3 is 0 Å². The molecule has 100 valence electrons. The van der Waals surface area contributed by atoms with Crippen molar-refractivity contribution in [1.82, 2.24) is 0 Å². The molecular weight excluding hydrogens is 299 g/mol. The first-order valence-electron chi connectivity index (χ1n) is 6.06. The molecule has 0 N–H and O–H groups in total. The molecule has 0 aliphatic heterocycles. The smallest absolute Gasteiger partial charge is 0.195 e. The molecule has 0 atom stereocenters. The molecule has 0 aliphatic carbocycles. The fourth-order valence-corrected chi connectivity index (χ4v) is 3.42. The minimum atomic E-state index is -0.0706. The number of thiophene rings is 1. The van der Waals surface area contributed by atoms with Crippen LogP contribution in [0.1, 0.15) is 35.3 Å². The summed E-state index contributed by atoms with van der Waals surface area (Å²) in [7, 11) is 0. The first kappa shape index (κ1) is 14.6. The lowest BCUT2D eigenvalue weighted by molar-refractivity contribution is 0.103. The Morgan fingerprint density at radius 1 is 1.26 bits per heavy atom. The van der Waals surface area contributed by atoms with Crippen LogP contribution < -0.4 is 0 Å². The molecule has 1 aromatic carbocycles. The lowest BCUT2D eigenvalue weighted by atomic mass is 9.98. The van der Waals surface area contributed by atoms with E-state index < -0.39 is 0 Å². The molecule has 0 fully saturated rings. The Morgan fingerprint density at radius 2 is 2.00 bits per heavy atom. The third-order valence-corrected chi connectivity index (χ3v) is 4.22. The average molecular weight is 313 g/mol. The number of hydrogen-bond acceptors (Lipinski definition) is 2. The lowest BCUT2D eigenvalue weighted by Crippen LogP contribution is -2.02. The van der Waals surface area contributed by atoms with Crippen molar-refractivity contribution >= 4 is 40.3 Å². The summed E-state index contributed by atoms with van der Waals surface area (Å²) in [6.07, 6.45) is 0.958. The molecule has 0 aliphatic rings. The van der Waals surface area contributed by atoms with E-state index in [0.717, 1.165) is 6.42 Å².